The van der Waals surface area contributed by atoms with Gasteiger partial charge in [0.25, 0.3) is 5.91 Å². The van der Waals surface area contributed by atoms with Crippen molar-refractivity contribution in [2.75, 3.05) is 33.4 Å². The maximum absolute atomic E-state index is 12.4. The number of carbonyl (C=O) groups is 1. The molecule has 0 aromatic heterocycles. The van der Waals surface area contributed by atoms with E-state index in [-0.39, 0.29) is 12.0 Å². The van der Waals surface area contributed by atoms with Crippen LogP contribution in [0.25, 0.3) is 0 Å². The van der Waals surface area contributed by atoms with Gasteiger partial charge in [0, 0.05) is 31.7 Å². The van der Waals surface area contributed by atoms with Crippen LogP contribution >= 0.6 is 0 Å². The Morgan fingerprint density at radius 1 is 1.27 bits per heavy atom. The van der Waals surface area contributed by atoms with Crippen molar-refractivity contribution in [1.29, 1.82) is 0 Å². The number of methoxy groups -OCH3 is 1. The molecule has 1 atom stereocenters. The van der Waals surface area contributed by atoms with E-state index < -0.39 is 0 Å². The van der Waals surface area contributed by atoms with Gasteiger partial charge in [-0.3, -0.25) is 9.69 Å². The monoisotopic (exact) mass is 354 g/mol. The van der Waals surface area contributed by atoms with Crippen molar-refractivity contribution in [3.05, 3.63) is 65.2 Å². The zero-order valence-corrected chi connectivity index (χ0v) is 15.4. The predicted molar refractivity (Wildman–Crippen MR) is 102 cm³/mol. The molecule has 0 aliphatic carbocycles. The third-order valence-corrected chi connectivity index (χ3v) is 4.63. The van der Waals surface area contributed by atoms with Crippen molar-refractivity contribution < 1.29 is 14.3 Å². The molecule has 5 nitrogen and oxygen atoms in total. The van der Waals surface area contributed by atoms with Crippen molar-refractivity contribution in [3.63, 3.8) is 0 Å². The molecule has 0 spiro atoms. The lowest BCUT2D eigenvalue weighted by Crippen LogP contribution is -2.47. The summed E-state index contributed by atoms with van der Waals surface area (Å²) in [6, 6.07) is 15.9. The van der Waals surface area contributed by atoms with Crippen LogP contribution in [0.3, 0.4) is 0 Å². The Kier molecular flexibility index (Phi) is 6.26. The minimum absolute atomic E-state index is 0.00348. The molecule has 0 saturated carbocycles. The molecule has 2 aromatic rings. The molecular formula is C21H26N2O3. The molecule has 1 amide bonds. The molecule has 1 N–H and O–H groups in total. The largest absolute Gasteiger partial charge is 0.496 e. The quantitative estimate of drug-likeness (QED) is 0.866. The highest BCUT2D eigenvalue weighted by molar-refractivity contribution is 5.94. The topological polar surface area (TPSA) is 50.8 Å². The first kappa shape index (κ1) is 18.4. The third-order valence-electron chi connectivity index (χ3n) is 4.63. The van der Waals surface area contributed by atoms with Gasteiger partial charge in [-0.1, -0.05) is 36.4 Å². The van der Waals surface area contributed by atoms with E-state index >= 15 is 0 Å². The second-order valence-corrected chi connectivity index (χ2v) is 6.61. The first-order valence-electron chi connectivity index (χ1n) is 8.96. The second kappa shape index (κ2) is 8.83. The maximum atomic E-state index is 12.4. The number of rotatable bonds is 6. The number of benzene rings is 2. The van der Waals surface area contributed by atoms with Crippen LogP contribution in [0.2, 0.25) is 0 Å². The molecule has 2 aromatic carbocycles. The van der Waals surface area contributed by atoms with E-state index in [4.69, 9.17) is 9.47 Å². The van der Waals surface area contributed by atoms with Crippen LogP contribution in [-0.2, 0) is 11.3 Å². The smallest absolute Gasteiger partial charge is 0.251 e. The van der Waals surface area contributed by atoms with Gasteiger partial charge < -0.3 is 14.8 Å². The molecule has 26 heavy (non-hydrogen) atoms. The van der Waals surface area contributed by atoms with Crippen molar-refractivity contribution in [1.82, 2.24) is 10.2 Å². The summed E-state index contributed by atoms with van der Waals surface area (Å²) in [6.07, 6.45) is 0.00348. The molecule has 1 aliphatic rings. The molecular weight excluding hydrogens is 328 g/mol. The number of carbonyl (C=O) groups excluding carboxylic acids is 1. The summed E-state index contributed by atoms with van der Waals surface area (Å²) in [5.41, 5.74) is 2.91. The van der Waals surface area contributed by atoms with Crippen LogP contribution in [0, 0.1) is 6.92 Å². The molecule has 3 rings (SSSR count). The lowest BCUT2D eigenvalue weighted by atomic mass is 10.1. The summed E-state index contributed by atoms with van der Waals surface area (Å²) in [6.45, 7) is 5.77. The fraction of sp³-hybridized carbons (Fsp3) is 0.381. The summed E-state index contributed by atoms with van der Waals surface area (Å²) in [5, 5.41) is 2.98. The van der Waals surface area contributed by atoms with Crippen LogP contribution in [0.1, 0.15) is 21.5 Å². The van der Waals surface area contributed by atoms with E-state index in [0.29, 0.717) is 18.7 Å². The first-order valence-corrected chi connectivity index (χ1v) is 8.96. The van der Waals surface area contributed by atoms with Crippen LogP contribution < -0.4 is 10.1 Å². The Hall–Kier alpha value is -2.37. The number of nitrogens with zero attached hydrogens (tertiary/aromatic N) is 1. The minimum atomic E-state index is -0.105. The van der Waals surface area contributed by atoms with Gasteiger partial charge >= 0.3 is 0 Å². The lowest BCUT2D eigenvalue weighted by molar-refractivity contribution is -0.0292. The van der Waals surface area contributed by atoms with Gasteiger partial charge in [0.15, 0.2) is 0 Å². The Balaban J connectivity index is 1.51. The molecule has 1 saturated heterocycles. The molecule has 0 bridgehead atoms. The number of aryl methyl sites for hydroxylation is 1. The van der Waals surface area contributed by atoms with Gasteiger partial charge in [-0.25, -0.2) is 0 Å². The standard InChI is InChI=1S/C21H26N2O3/c1-16-8-9-18(12-20(16)25-2)21(24)22-13-19-15-23(10-11-26-19)14-17-6-4-3-5-7-17/h3-9,12,19H,10-11,13-15H2,1-2H3,(H,22,24). The summed E-state index contributed by atoms with van der Waals surface area (Å²) in [5.74, 6) is 0.618. The van der Waals surface area contributed by atoms with Crippen LogP contribution in [-0.4, -0.2) is 50.3 Å². The molecule has 5 heteroatoms. The number of hydrogen-bond acceptors (Lipinski definition) is 4. The van der Waals surface area contributed by atoms with E-state index in [9.17, 15) is 4.79 Å². The average Bonchev–Trinajstić information content (AvgIpc) is 2.67. The molecule has 1 heterocycles. The first-order chi connectivity index (χ1) is 12.7. The SMILES string of the molecule is COc1cc(C(=O)NCC2CN(Cc3ccccc3)CCO2)ccc1C. The van der Waals surface area contributed by atoms with Gasteiger partial charge in [0.05, 0.1) is 19.8 Å². The summed E-state index contributed by atoms with van der Waals surface area (Å²) in [7, 11) is 1.61. The fourth-order valence-corrected chi connectivity index (χ4v) is 3.16. The third kappa shape index (κ3) is 4.84. The summed E-state index contributed by atoms with van der Waals surface area (Å²) >= 11 is 0. The highest BCUT2D eigenvalue weighted by atomic mass is 16.5. The minimum Gasteiger partial charge on any atom is -0.496 e. The molecule has 1 unspecified atom stereocenters. The fourth-order valence-electron chi connectivity index (χ4n) is 3.16. The zero-order chi connectivity index (χ0) is 18.4. The van der Waals surface area contributed by atoms with E-state index in [1.165, 1.54) is 5.56 Å². The summed E-state index contributed by atoms with van der Waals surface area (Å²) < 4.78 is 11.1. The van der Waals surface area contributed by atoms with Crippen molar-refractivity contribution >= 4 is 5.91 Å². The van der Waals surface area contributed by atoms with Gasteiger partial charge in [0.1, 0.15) is 5.75 Å². The Morgan fingerprint density at radius 3 is 2.85 bits per heavy atom. The molecule has 0 radical (unpaired) electrons. The Labute approximate surface area is 154 Å². The lowest BCUT2D eigenvalue weighted by Gasteiger charge is -2.33. The number of morpholine rings is 1. The highest BCUT2D eigenvalue weighted by Crippen LogP contribution is 2.19. The number of hydrogen-bond donors (Lipinski definition) is 1. The normalized spacial score (nSPS) is 17.7. The van der Waals surface area contributed by atoms with E-state index in [2.05, 4.69) is 34.5 Å². The van der Waals surface area contributed by atoms with E-state index in [1.807, 2.05) is 25.1 Å². The maximum Gasteiger partial charge on any atom is 0.251 e. The zero-order valence-electron chi connectivity index (χ0n) is 15.4. The highest BCUT2D eigenvalue weighted by Gasteiger charge is 2.21. The Morgan fingerprint density at radius 2 is 2.08 bits per heavy atom. The number of nitrogens with one attached hydrogen (secondary N) is 1. The van der Waals surface area contributed by atoms with Gasteiger partial charge in [0.2, 0.25) is 0 Å². The summed E-state index contributed by atoms with van der Waals surface area (Å²) in [4.78, 5) is 14.8. The van der Waals surface area contributed by atoms with Crippen LogP contribution in [0.15, 0.2) is 48.5 Å². The van der Waals surface area contributed by atoms with E-state index in [1.54, 1.807) is 13.2 Å². The van der Waals surface area contributed by atoms with Gasteiger partial charge in [-0.15, -0.1) is 0 Å². The van der Waals surface area contributed by atoms with Gasteiger partial charge in [-0.2, -0.15) is 0 Å². The van der Waals surface area contributed by atoms with E-state index in [0.717, 1.165) is 30.9 Å². The molecule has 1 fully saturated rings. The average molecular weight is 354 g/mol. The number of amides is 1. The van der Waals surface area contributed by atoms with Crippen LogP contribution in [0.4, 0.5) is 0 Å². The molecule has 138 valence electrons. The number of ether oxygens (including phenoxy) is 2. The Bertz CT molecular complexity index is 733. The molecule has 1 aliphatic heterocycles. The van der Waals surface area contributed by atoms with Crippen molar-refractivity contribution in [3.8, 4) is 5.75 Å². The van der Waals surface area contributed by atoms with Crippen molar-refractivity contribution in [2.24, 2.45) is 0 Å². The van der Waals surface area contributed by atoms with Crippen molar-refractivity contribution in [2.45, 2.75) is 19.6 Å². The van der Waals surface area contributed by atoms with Crippen LogP contribution in [0.5, 0.6) is 5.75 Å². The van der Waals surface area contributed by atoms with Gasteiger partial charge in [-0.05, 0) is 30.2 Å². The predicted octanol–water partition coefficient (Wildman–Crippen LogP) is 2.63. The second-order valence-electron chi connectivity index (χ2n) is 6.61.